The van der Waals surface area contributed by atoms with E-state index in [0.29, 0.717) is 0 Å². The van der Waals surface area contributed by atoms with Crippen molar-refractivity contribution >= 4 is 5.97 Å². The average Bonchev–Trinajstić information content (AvgIpc) is 2.25. The quantitative estimate of drug-likeness (QED) is 0.707. The number of nitriles is 1. The molecule has 0 aromatic heterocycles. The van der Waals surface area contributed by atoms with Crippen molar-refractivity contribution < 1.29 is 9.53 Å². The number of methoxy groups -OCH3 is 1. The van der Waals surface area contributed by atoms with Crippen molar-refractivity contribution in [2.24, 2.45) is 0 Å². The molecule has 1 aromatic carbocycles. The maximum atomic E-state index is 11.1. The summed E-state index contributed by atoms with van der Waals surface area (Å²) in [6, 6.07) is 9.71. The summed E-state index contributed by atoms with van der Waals surface area (Å²) in [6.07, 6.45) is 0.108. The van der Waals surface area contributed by atoms with Crippen LogP contribution in [-0.2, 0) is 9.53 Å². The summed E-state index contributed by atoms with van der Waals surface area (Å²) >= 11 is 0. The van der Waals surface area contributed by atoms with E-state index in [1.165, 1.54) is 7.11 Å². The molecule has 1 aromatic rings. The van der Waals surface area contributed by atoms with Crippen molar-refractivity contribution in [3.05, 3.63) is 35.4 Å². The number of carbonyl (C=O) groups is 1. The van der Waals surface area contributed by atoms with Gasteiger partial charge in [-0.25, -0.2) is 0 Å². The standard InChI is InChI=1S/C12H13NO2/c1-9-4-3-5-10(6-9)11(8-13)7-12(14)15-2/h3-6,11H,7H2,1-2H3. The van der Waals surface area contributed by atoms with Crippen LogP contribution in [0.5, 0.6) is 0 Å². The predicted octanol–water partition coefficient (Wildman–Crippen LogP) is 2.17. The monoisotopic (exact) mass is 203 g/mol. The highest BCUT2D eigenvalue weighted by atomic mass is 16.5. The van der Waals surface area contributed by atoms with Gasteiger partial charge in [-0.2, -0.15) is 5.26 Å². The third-order valence-corrected chi connectivity index (χ3v) is 2.20. The maximum absolute atomic E-state index is 11.1. The van der Waals surface area contributed by atoms with Crippen LogP contribution in [0.2, 0.25) is 0 Å². The zero-order valence-electron chi connectivity index (χ0n) is 8.86. The number of esters is 1. The van der Waals surface area contributed by atoms with Crippen LogP contribution in [0, 0.1) is 18.3 Å². The molecule has 0 spiro atoms. The van der Waals surface area contributed by atoms with E-state index in [4.69, 9.17) is 5.26 Å². The highest BCUT2D eigenvalue weighted by molar-refractivity contribution is 5.71. The molecule has 0 fully saturated rings. The summed E-state index contributed by atoms with van der Waals surface area (Å²) in [7, 11) is 1.33. The Kier molecular flexibility index (Phi) is 3.87. The molecule has 0 N–H and O–H groups in total. The normalized spacial score (nSPS) is 11.5. The Morgan fingerprint density at radius 1 is 1.60 bits per heavy atom. The van der Waals surface area contributed by atoms with E-state index in [0.717, 1.165) is 11.1 Å². The SMILES string of the molecule is COC(=O)CC(C#N)c1cccc(C)c1. The van der Waals surface area contributed by atoms with Crippen LogP contribution in [0.1, 0.15) is 23.5 Å². The lowest BCUT2D eigenvalue weighted by Gasteiger charge is -2.08. The topological polar surface area (TPSA) is 50.1 Å². The Morgan fingerprint density at radius 2 is 2.33 bits per heavy atom. The van der Waals surface area contributed by atoms with E-state index < -0.39 is 5.92 Å². The zero-order valence-corrected chi connectivity index (χ0v) is 8.86. The summed E-state index contributed by atoms with van der Waals surface area (Å²) in [5, 5.41) is 8.96. The summed E-state index contributed by atoms with van der Waals surface area (Å²) in [4.78, 5) is 11.1. The van der Waals surface area contributed by atoms with E-state index >= 15 is 0 Å². The van der Waals surface area contributed by atoms with Gasteiger partial charge in [0, 0.05) is 0 Å². The van der Waals surface area contributed by atoms with Gasteiger partial charge < -0.3 is 4.74 Å². The van der Waals surface area contributed by atoms with E-state index in [1.807, 2.05) is 31.2 Å². The van der Waals surface area contributed by atoms with E-state index in [9.17, 15) is 4.79 Å². The van der Waals surface area contributed by atoms with Crippen LogP contribution in [-0.4, -0.2) is 13.1 Å². The predicted molar refractivity (Wildman–Crippen MR) is 56.2 cm³/mol. The number of rotatable bonds is 3. The van der Waals surface area contributed by atoms with Gasteiger partial charge in [-0.3, -0.25) is 4.79 Å². The average molecular weight is 203 g/mol. The minimum Gasteiger partial charge on any atom is -0.469 e. The summed E-state index contributed by atoms with van der Waals surface area (Å²) < 4.78 is 4.54. The number of hydrogen-bond donors (Lipinski definition) is 0. The smallest absolute Gasteiger partial charge is 0.307 e. The van der Waals surface area contributed by atoms with Crippen molar-refractivity contribution in [2.45, 2.75) is 19.3 Å². The van der Waals surface area contributed by atoms with Crippen molar-refractivity contribution in [3.63, 3.8) is 0 Å². The molecule has 1 atom stereocenters. The summed E-state index contributed by atoms with van der Waals surface area (Å²) in [5.41, 5.74) is 1.94. The molecule has 0 aliphatic carbocycles. The third kappa shape index (κ3) is 3.10. The maximum Gasteiger partial charge on any atom is 0.307 e. The first-order chi connectivity index (χ1) is 7.17. The minimum atomic E-state index is -0.419. The van der Waals surface area contributed by atoms with E-state index in [-0.39, 0.29) is 12.4 Å². The van der Waals surface area contributed by atoms with Crippen LogP contribution in [0.3, 0.4) is 0 Å². The molecular weight excluding hydrogens is 190 g/mol. The number of ether oxygens (including phenoxy) is 1. The van der Waals surface area contributed by atoms with Crippen molar-refractivity contribution in [1.82, 2.24) is 0 Å². The first kappa shape index (κ1) is 11.3. The Balaban J connectivity index is 2.84. The van der Waals surface area contributed by atoms with Gasteiger partial charge in [0.15, 0.2) is 0 Å². The summed E-state index contributed by atoms with van der Waals surface area (Å²) in [6.45, 7) is 1.95. The second-order valence-electron chi connectivity index (χ2n) is 3.38. The fourth-order valence-corrected chi connectivity index (χ4v) is 1.37. The van der Waals surface area contributed by atoms with Crippen molar-refractivity contribution in [3.8, 4) is 6.07 Å². The minimum absolute atomic E-state index is 0.108. The lowest BCUT2D eigenvalue weighted by atomic mass is 9.96. The molecule has 3 nitrogen and oxygen atoms in total. The molecule has 0 bridgehead atoms. The number of hydrogen-bond acceptors (Lipinski definition) is 3. The number of benzene rings is 1. The molecule has 0 radical (unpaired) electrons. The fourth-order valence-electron chi connectivity index (χ4n) is 1.37. The molecule has 3 heteroatoms. The Hall–Kier alpha value is -1.82. The van der Waals surface area contributed by atoms with Gasteiger partial charge in [0.25, 0.3) is 0 Å². The molecule has 15 heavy (non-hydrogen) atoms. The van der Waals surface area contributed by atoms with Gasteiger partial charge in [-0.1, -0.05) is 29.8 Å². The molecule has 0 aliphatic heterocycles. The van der Waals surface area contributed by atoms with E-state index in [2.05, 4.69) is 10.8 Å². The van der Waals surface area contributed by atoms with Crippen molar-refractivity contribution in [2.75, 3.05) is 7.11 Å². The van der Waals surface area contributed by atoms with Gasteiger partial charge in [0.1, 0.15) is 0 Å². The van der Waals surface area contributed by atoms with Gasteiger partial charge in [0.2, 0.25) is 0 Å². The molecule has 0 heterocycles. The molecule has 0 aliphatic rings. The first-order valence-corrected chi connectivity index (χ1v) is 4.70. The van der Waals surface area contributed by atoms with Gasteiger partial charge in [0.05, 0.1) is 25.5 Å². The first-order valence-electron chi connectivity index (χ1n) is 4.70. The van der Waals surface area contributed by atoms with Crippen LogP contribution >= 0.6 is 0 Å². The van der Waals surface area contributed by atoms with Crippen LogP contribution < -0.4 is 0 Å². The fraction of sp³-hybridized carbons (Fsp3) is 0.333. The summed E-state index contributed by atoms with van der Waals surface area (Å²) in [5.74, 6) is -0.777. The van der Waals surface area contributed by atoms with E-state index in [1.54, 1.807) is 0 Å². The molecule has 0 saturated heterocycles. The number of aryl methyl sites for hydroxylation is 1. The van der Waals surface area contributed by atoms with Crippen molar-refractivity contribution in [1.29, 1.82) is 5.26 Å². The third-order valence-electron chi connectivity index (χ3n) is 2.20. The van der Waals surface area contributed by atoms with Crippen LogP contribution in [0.15, 0.2) is 24.3 Å². The second kappa shape index (κ2) is 5.16. The molecule has 0 saturated carbocycles. The second-order valence-corrected chi connectivity index (χ2v) is 3.38. The lowest BCUT2D eigenvalue weighted by molar-refractivity contribution is -0.140. The number of nitrogens with zero attached hydrogens (tertiary/aromatic N) is 1. The Labute approximate surface area is 89.3 Å². The number of carbonyl (C=O) groups excluding carboxylic acids is 1. The molecule has 1 unspecified atom stereocenters. The Bertz CT molecular complexity index is 393. The van der Waals surface area contributed by atoms with Crippen LogP contribution in [0.4, 0.5) is 0 Å². The van der Waals surface area contributed by atoms with Gasteiger partial charge in [-0.05, 0) is 12.5 Å². The molecular formula is C12H13NO2. The molecule has 78 valence electrons. The highest BCUT2D eigenvalue weighted by Gasteiger charge is 2.15. The van der Waals surface area contributed by atoms with Gasteiger partial charge in [-0.15, -0.1) is 0 Å². The van der Waals surface area contributed by atoms with Gasteiger partial charge >= 0.3 is 5.97 Å². The lowest BCUT2D eigenvalue weighted by Crippen LogP contribution is -2.07. The zero-order chi connectivity index (χ0) is 11.3. The molecule has 1 rings (SSSR count). The highest BCUT2D eigenvalue weighted by Crippen LogP contribution is 2.20. The Morgan fingerprint density at radius 3 is 2.87 bits per heavy atom. The largest absolute Gasteiger partial charge is 0.469 e. The van der Waals surface area contributed by atoms with Crippen LogP contribution in [0.25, 0.3) is 0 Å². The molecule has 0 amide bonds.